The molecule has 2 aromatic carbocycles. The zero-order valence-electron chi connectivity index (χ0n) is 11.6. The molecule has 21 heavy (non-hydrogen) atoms. The molecule has 4 heteroatoms. The van der Waals surface area contributed by atoms with Crippen molar-refractivity contribution in [3.8, 4) is 0 Å². The molecule has 2 rings (SSSR count). The number of ether oxygens (including phenoxy) is 2. The minimum Gasteiger partial charge on any atom is -0.461 e. The van der Waals surface area contributed by atoms with Crippen LogP contribution in [0.4, 0.5) is 0 Å². The molecule has 0 radical (unpaired) electrons. The molecule has 0 saturated carbocycles. The van der Waals surface area contributed by atoms with E-state index >= 15 is 0 Å². The van der Waals surface area contributed by atoms with Crippen molar-refractivity contribution in [1.29, 1.82) is 0 Å². The summed E-state index contributed by atoms with van der Waals surface area (Å²) < 4.78 is 10.6. The molecule has 0 aliphatic rings. The predicted molar refractivity (Wildman–Crippen MR) is 82.0 cm³/mol. The Kier molecular flexibility index (Phi) is 6.25. The van der Waals surface area contributed by atoms with Gasteiger partial charge in [-0.25, -0.2) is 0 Å². The molecule has 0 saturated heterocycles. The van der Waals surface area contributed by atoms with E-state index in [4.69, 9.17) is 21.1 Å². The summed E-state index contributed by atoms with van der Waals surface area (Å²) in [5.41, 5.74) is 2.00. The minimum absolute atomic E-state index is 0.250. The molecule has 0 aliphatic carbocycles. The Hall–Kier alpha value is -1.84. The summed E-state index contributed by atoms with van der Waals surface area (Å²) in [5, 5.41) is 0.666. The summed E-state index contributed by atoms with van der Waals surface area (Å²) in [5.74, 6) is -0.266. The van der Waals surface area contributed by atoms with Gasteiger partial charge in [-0.05, 0) is 23.3 Å². The third-order valence-corrected chi connectivity index (χ3v) is 3.13. The molecule has 0 N–H and O–H groups in total. The van der Waals surface area contributed by atoms with Gasteiger partial charge in [0.2, 0.25) is 0 Å². The average Bonchev–Trinajstić information content (AvgIpc) is 2.52. The summed E-state index contributed by atoms with van der Waals surface area (Å²) in [6.07, 6.45) is 0.250. The van der Waals surface area contributed by atoms with Crippen molar-refractivity contribution < 1.29 is 14.3 Å². The van der Waals surface area contributed by atoms with Crippen LogP contribution in [0.2, 0.25) is 5.02 Å². The van der Waals surface area contributed by atoms with Gasteiger partial charge in [0.1, 0.15) is 6.61 Å². The number of rotatable bonds is 7. The topological polar surface area (TPSA) is 35.5 Å². The third kappa shape index (κ3) is 5.98. The zero-order chi connectivity index (χ0) is 14.9. The monoisotopic (exact) mass is 304 g/mol. The first-order chi connectivity index (χ1) is 10.2. The third-order valence-electron chi connectivity index (χ3n) is 2.88. The summed E-state index contributed by atoms with van der Waals surface area (Å²) in [6, 6.07) is 17.1. The summed E-state index contributed by atoms with van der Waals surface area (Å²) >= 11 is 5.79. The lowest BCUT2D eigenvalue weighted by Gasteiger charge is -2.06. The van der Waals surface area contributed by atoms with E-state index in [-0.39, 0.29) is 19.0 Å². The van der Waals surface area contributed by atoms with Crippen LogP contribution in [0, 0.1) is 0 Å². The standard InChI is InChI=1S/C17H17ClO3/c18-16-8-6-15(7-9-16)13-21-17(19)10-11-20-12-14-4-2-1-3-5-14/h1-9H,10-13H2. The van der Waals surface area contributed by atoms with Gasteiger partial charge in [-0.2, -0.15) is 0 Å². The fourth-order valence-electron chi connectivity index (χ4n) is 1.74. The maximum atomic E-state index is 11.6. The number of halogens is 1. The molecule has 0 bridgehead atoms. The van der Waals surface area contributed by atoms with Crippen LogP contribution in [-0.2, 0) is 27.5 Å². The highest BCUT2D eigenvalue weighted by Crippen LogP contribution is 2.10. The maximum absolute atomic E-state index is 11.6. The van der Waals surface area contributed by atoms with Crippen LogP contribution in [-0.4, -0.2) is 12.6 Å². The molecule has 0 amide bonds. The Balaban J connectivity index is 1.60. The van der Waals surface area contributed by atoms with Crippen LogP contribution in [0.15, 0.2) is 54.6 Å². The zero-order valence-corrected chi connectivity index (χ0v) is 12.4. The number of hydrogen-bond donors (Lipinski definition) is 0. The summed E-state index contributed by atoms with van der Waals surface area (Å²) in [7, 11) is 0. The smallest absolute Gasteiger partial charge is 0.308 e. The van der Waals surface area contributed by atoms with Crippen molar-refractivity contribution >= 4 is 17.6 Å². The van der Waals surface area contributed by atoms with E-state index in [1.54, 1.807) is 12.1 Å². The second-order valence-electron chi connectivity index (χ2n) is 4.58. The molecule has 110 valence electrons. The highest BCUT2D eigenvalue weighted by Gasteiger charge is 2.04. The summed E-state index contributed by atoms with van der Waals surface area (Å²) in [6.45, 7) is 1.12. The van der Waals surface area contributed by atoms with Crippen LogP contribution in [0.3, 0.4) is 0 Å². The van der Waals surface area contributed by atoms with Gasteiger partial charge in [0.15, 0.2) is 0 Å². The van der Waals surface area contributed by atoms with Gasteiger partial charge in [0.05, 0.1) is 19.6 Å². The van der Waals surface area contributed by atoms with Crippen LogP contribution in [0.5, 0.6) is 0 Å². The Morgan fingerprint density at radius 2 is 1.57 bits per heavy atom. The van der Waals surface area contributed by atoms with E-state index < -0.39 is 0 Å². The largest absolute Gasteiger partial charge is 0.461 e. The number of esters is 1. The van der Waals surface area contributed by atoms with E-state index in [9.17, 15) is 4.79 Å². The fraction of sp³-hybridized carbons (Fsp3) is 0.235. The molecule has 0 heterocycles. The van der Waals surface area contributed by atoms with Gasteiger partial charge < -0.3 is 9.47 Å². The second kappa shape index (κ2) is 8.45. The van der Waals surface area contributed by atoms with Crippen LogP contribution in [0.1, 0.15) is 17.5 Å². The van der Waals surface area contributed by atoms with E-state index in [0.717, 1.165) is 11.1 Å². The predicted octanol–water partition coefficient (Wildman–Crippen LogP) is 3.99. The van der Waals surface area contributed by atoms with Gasteiger partial charge in [-0.1, -0.05) is 54.1 Å². The lowest BCUT2D eigenvalue weighted by molar-refractivity contribution is -0.146. The first-order valence-corrected chi connectivity index (χ1v) is 7.13. The van der Waals surface area contributed by atoms with Gasteiger partial charge in [0.25, 0.3) is 0 Å². The van der Waals surface area contributed by atoms with E-state index in [2.05, 4.69) is 0 Å². The quantitative estimate of drug-likeness (QED) is 0.573. The normalized spacial score (nSPS) is 10.3. The molecule has 2 aromatic rings. The SMILES string of the molecule is O=C(CCOCc1ccccc1)OCc1ccc(Cl)cc1. The Bertz CT molecular complexity index is 552. The first kappa shape index (κ1) is 15.5. The number of hydrogen-bond acceptors (Lipinski definition) is 3. The minimum atomic E-state index is -0.266. The van der Waals surface area contributed by atoms with Gasteiger partial charge in [0, 0.05) is 5.02 Å². The molecular weight excluding hydrogens is 288 g/mol. The van der Waals surface area contributed by atoms with Crippen molar-refractivity contribution in [2.24, 2.45) is 0 Å². The molecular formula is C17H17ClO3. The van der Waals surface area contributed by atoms with Gasteiger partial charge in [-0.15, -0.1) is 0 Å². The molecule has 0 atom stereocenters. The molecule has 0 aliphatic heterocycles. The van der Waals surface area contributed by atoms with Crippen LogP contribution in [0.25, 0.3) is 0 Å². The van der Waals surface area contributed by atoms with E-state index in [0.29, 0.717) is 18.2 Å². The average molecular weight is 305 g/mol. The highest BCUT2D eigenvalue weighted by atomic mass is 35.5. The number of carbonyl (C=O) groups excluding carboxylic acids is 1. The van der Waals surface area contributed by atoms with Gasteiger partial charge >= 0.3 is 5.97 Å². The lowest BCUT2D eigenvalue weighted by Crippen LogP contribution is -2.08. The van der Waals surface area contributed by atoms with Crippen LogP contribution >= 0.6 is 11.6 Å². The lowest BCUT2D eigenvalue weighted by atomic mass is 10.2. The Labute approximate surface area is 129 Å². The molecule has 0 spiro atoms. The van der Waals surface area contributed by atoms with E-state index in [1.807, 2.05) is 42.5 Å². The van der Waals surface area contributed by atoms with Crippen molar-refractivity contribution in [3.05, 3.63) is 70.7 Å². The maximum Gasteiger partial charge on any atom is 0.308 e. The van der Waals surface area contributed by atoms with Crippen molar-refractivity contribution in [2.75, 3.05) is 6.61 Å². The van der Waals surface area contributed by atoms with Crippen molar-refractivity contribution in [2.45, 2.75) is 19.6 Å². The molecule has 0 aromatic heterocycles. The molecule has 0 unspecified atom stereocenters. The molecule has 0 fully saturated rings. The second-order valence-corrected chi connectivity index (χ2v) is 5.01. The Morgan fingerprint density at radius 1 is 0.905 bits per heavy atom. The van der Waals surface area contributed by atoms with Crippen LogP contribution < -0.4 is 0 Å². The fourth-order valence-corrected chi connectivity index (χ4v) is 1.86. The highest BCUT2D eigenvalue weighted by molar-refractivity contribution is 6.30. The van der Waals surface area contributed by atoms with Gasteiger partial charge in [-0.3, -0.25) is 4.79 Å². The number of benzene rings is 2. The Morgan fingerprint density at radius 3 is 2.29 bits per heavy atom. The first-order valence-electron chi connectivity index (χ1n) is 6.76. The van der Waals surface area contributed by atoms with Crippen molar-refractivity contribution in [3.63, 3.8) is 0 Å². The summed E-state index contributed by atoms with van der Waals surface area (Å²) in [4.78, 5) is 11.6. The van der Waals surface area contributed by atoms with Crippen molar-refractivity contribution in [1.82, 2.24) is 0 Å². The van der Waals surface area contributed by atoms with E-state index in [1.165, 1.54) is 0 Å². The molecule has 3 nitrogen and oxygen atoms in total. The number of carbonyl (C=O) groups is 1.